The zero-order valence-corrected chi connectivity index (χ0v) is 25.3. The Kier molecular flexibility index (Phi) is 7.96. The number of Topliss-reactive ketones (excluding diaryl/α,β-unsaturated/α-hetero) is 1. The van der Waals surface area contributed by atoms with Gasteiger partial charge in [-0.3, -0.25) is 9.59 Å². The van der Waals surface area contributed by atoms with Gasteiger partial charge in [-0.05, 0) is 81.0 Å². The molecule has 3 N–H and O–H groups in total. The van der Waals surface area contributed by atoms with Gasteiger partial charge in [-0.2, -0.15) is 0 Å². The second-order valence-electron chi connectivity index (χ2n) is 14.0. The van der Waals surface area contributed by atoms with E-state index in [1.807, 2.05) is 24.3 Å². The van der Waals surface area contributed by atoms with Crippen LogP contribution in [0.5, 0.6) is 5.75 Å². The van der Waals surface area contributed by atoms with E-state index in [9.17, 15) is 14.7 Å². The van der Waals surface area contributed by atoms with E-state index in [-0.39, 0.29) is 29.8 Å². The molecule has 1 aromatic carbocycles. The van der Waals surface area contributed by atoms with Gasteiger partial charge in [-0.15, -0.1) is 0 Å². The van der Waals surface area contributed by atoms with Gasteiger partial charge in [-0.1, -0.05) is 26.8 Å². The number of hydrogen-bond acceptors (Lipinski definition) is 6. The molecule has 1 aliphatic heterocycles. The molecule has 3 aromatic rings. The minimum absolute atomic E-state index is 0.0460. The van der Waals surface area contributed by atoms with Crippen molar-refractivity contribution < 1.29 is 23.8 Å². The first-order valence-electron chi connectivity index (χ1n) is 15.7. The van der Waals surface area contributed by atoms with E-state index in [1.54, 1.807) is 6.26 Å². The van der Waals surface area contributed by atoms with E-state index >= 15 is 0 Å². The van der Waals surface area contributed by atoms with E-state index in [2.05, 4.69) is 36.0 Å². The Balaban J connectivity index is 1.05. The summed E-state index contributed by atoms with van der Waals surface area (Å²) in [5.41, 5.74) is 1.99. The number of carbonyl (C=O) groups excluding carboxylic acids is 2. The Labute approximate surface area is 248 Å². The third-order valence-corrected chi connectivity index (χ3v) is 9.64. The van der Waals surface area contributed by atoms with E-state index in [1.165, 1.54) is 12.8 Å². The average molecular weight is 576 g/mol. The van der Waals surface area contributed by atoms with Gasteiger partial charge >= 0.3 is 0 Å². The van der Waals surface area contributed by atoms with Crippen LogP contribution in [-0.4, -0.2) is 58.0 Å². The van der Waals surface area contributed by atoms with Gasteiger partial charge in [0.05, 0.1) is 17.4 Å². The van der Waals surface area contributed by atoms with Crippen molar-refractivity contribution in [3.05, 3.63) is 53.1 Å². The van der Waals surface area contributed by atoms with Crippen LogP contribution in [0, 0.1) is 11.3 Å². The monoisotopic (exact) mass is 575 g/mol. The van der Waals surface area contributed by atoms with E-state index < -0.39 is 5.60 Å². The van der Waals surface area contributed by atoms with Crippen LogP contribution >= 0.6 is 0 Å². The molecule has 226 valence electrons. The number of hydrogen-bond donors (Lipinski definition) is 3. The molecule has 3 heterocycles. The van der Waals surface area contributed by atoms with Crippen LogP contribution in [0.1, 0.15) is 104 Å². The Bertz CT molecular complexity index is 1440. The summed E-state index contributed by atoms with van der Waals surface area (Å²) in [5, 5.41) is 15.2. The molecule has 2 fully saturated rings. The lowest BCUT2D eigenvalue weighted by atomic mass is 9.76. The highest BCUT2D eigenvalue weighted by Crippen LogP contribution is 2.38. The van der Waals surface area contributed by atoms with Crippen LogP contribution in [0.25, 0.3) is 10.9 Å². The molecule has 0 unspecified atom stereocenters. The number of rotatable bonds is 8. The zero-order chi connectivity index (χ0) is 29.5. The summed E-state index contributed by atoms with van der Waals surface area (Å²) in [6, 6.07) is 7.57. The van der Waals surface area contributed by atoms with Gasteiger partial charge in [0.25, 0.3) is 5.91 Å². The summed E-state index contributed by atoms with van der Waals surface area (Å²) in [4.78, 5) is 31.8. The molecule has 1 saturated carbocycles. The summed E-state index contributed by atoms with van der Waals surface area (Å²) in [6.07, 6.45) is 9.21. The number of carbonyl (C=O) groups is 2. The smallest absolute Gasteiger partial charge is 0.267 e. The Morgan fingerprint density at radius 3 is 2.81 bits per heavy atom. The number of nitrogens with zero attached hydrogens (tertiary/aromatic N) is 1. The number of ketones is 1. The second kappa shape index (κ2) is 11.5. The van der Waals surface area contributed by atoms with Crippen LogP contribution in [0.2, 0.25) is 0 Å². The van der Waals surface area contributed by atoms with E-state index in [0.29, 0.717) is 36.3 Å². The van der Waals surface area contributed by atoms with Crippen LogP contribution < -0.4 is 10.1 Å². The predicted molar refractivity (Wildman–Crippen MR) is 162 cm³/mol. The standard InChI is InChI=1S/C34H45N3O5/c1-22-6-5-14-37(19-22)15-13-34(40)11-9-24(10-12-34)35-32(39)27-16-25-26(36-27)7-4-8-29(25)41-20-23-21-42-30-18-33(2,3)17-28(38)31(23)30/h4,7-8,16,21-22,24,36,40H,5-6,9-15,17-20H2,1-3H3,(H,35,39)/t22-,24?,34?/m1/s1. The van der Waals surface area contributed by atoms with Crippen LogP contribution in [-0.2, 0) is 13.0 Å². The summed E-state index contributed by atoms with van der Waals surface area (Å²) in [7, 11) is 0. The van der Waals surface area contributed by atoms with Crippen molar-refractivity contribution >= 4 is 22.6 Å². The molecule has 6 rings (SSSR count). The number of ether oxygens (including phenoxy) is 1. The average Bonchev–Trinajstić information content (AvgIpc) is 3.56. The van der Waals surface area contributed by atoms with Crippen molar-refractivity contribution in [3.8, 4) is 5.75 Å². The lowest BCUT2D eigenvalue weighted by Gasteiger charge is -2.39. The highest BCUT2D eigenvalue weighted by molar-refractivity contribution is 6.00. The maximum absolute atomic E-state index is 13.2. The number of piperidine rings is 1. The summed E-state index contributed by atoms with van der Waals surface area (Å²) in [6.45, 7) is 9.92. The van der Waals surface area contributed by atoms with Gasteiger partial charge in [-0.25, -0.2) is 0 Å². The fraction of sp³-hybridized carbons (Fsp3) is 0.588. The number of furan rings is 1. The van der Waals surface area contributed by atoms with E-state index in [0.717, 1.165) is 73.5 Å². The van der Waals surface area contributed by atoms with Crippen molar-refractivity contribution in [1.29, 1.82) is 0 Å². The van der Waals surface area contributed by atoms with Gasteiger partial charge < -0.3 is 29.5 Å². The number of fused-ring (bicyclic) bond motifs is 2. The Hall–Kier alpha value is -3.10. The number of nitrogens with one attached hydrogen (secondary N) is 2. The normalized spacial score (nSPS) is 26.2. The number of aromatic nitrogens is 1. The highest BCUT2D eigenvalue weighted by Gasteiger charge is 2.36. The molecule has 0 radical (unpaired) electrons. The third kappa shape index (κ3) is 6.30. The Morgan fingerprint density at radius 2 is 2.02 bits per heavy atom. The highest BCUT2D eigenvalue weighted by atomic mass is 16.5. The van der Waals surface area contributed by atoms with Crippen molar-refractivity contribution in [1.82, 2.24) is 15.2 Å². The van der Waals surface area contributed by atoms with Crippen LogP contribution in [0.4, 0.5) is 0 Å². The number of likely N-dealkylation sites (tertiary alicyclic amines) is 1. The molecule has 1 saturated heterocycles. The Morgan fingerprint density at radius 1 is 1.21 bits per heavy atom. The van der Waals surface area contributed by atoms with Crippen LogP contribution in [0.15, 0.2) is 34.9 Å². The van der Waals surface area contributed by atoms with Gasteiger partial charge in [0.15, 0.2) is 5.78 Å². The van der Waals surface area contributed by atoms with E-state index in [4.69, 9.17) is 9.15 Å². The molecule has 0 bridgehead atoms. The molecule has 0 spiro atoms. The molecule has 2 aromatic heterocycles. The molecule has 2 aliphatic carbocycles. The van der Waals surface area contributed by atoms with Crippen LogP contribution in [0.3, 0.4) is 0 Å². The molecule has 1 atom stereocenters. The van der Waals surface area contributed by atoms with Gasteiger partial charge in [0, 0.05) is 48.4 Å². The first-order valence-corrected chi connectivity index (χ1v) is 15.7. The molecule has 8 heteroatoms. The van der Waals surface area contributed by atoms with Crippen molar-refractivity contribution in [3.63, 3.8) is 0 Å². The van der Waals surface area contributed by atoms with Gasteiger partial charge in [0.2, 0.25) is 0 Å². The number of amides is 1. The van der Waals surface area contributed by atoms with Crippen molar-refractivity contribution in [2.75, 3.05) is 19.6 Å². The predicted octanol–water partition coefficient (Wildman–Crippen LogP) is 6.02. The first-order chi connectivity index (χ1) is 20.1. The lowest BCUT2D eigenvalue weighted by molar-refractivity contribution is -0.0201. The topological polar surface area (TPSA) is 108 Å². The minimum Gasteiger partial charge on any atom is -0.488 e. The molecular formula is C34H45N3O5. The quantitative estimate of drug-likeness (QED) is 0.303. The largest absolute Gasteiger partial charge is 0.488 e. The maximum Gasteiger partial charge on any atom is 0.267 e. The molecule has 8 nitrogen and oxygen atoms in total. The number of aliphatic hydroxyl groups is 1. The summed E-state index contributed by atoms with van der Waals surface area (Å²) >= 11 is 0. The molecule has 42 heavy (non-hydrogen) atoms. The SMILES string of the molecule is C[C@@H]1CCCN(CCC2(O)CCC(NC(=O)c3cc4c(OCc5coc6c5C(=O)CC(C)(C)C6)cccc4[nH]3)CC2)C1. The maximum atomic E-state index is 13.2. The number of H-pyrrole nitrogens is 1. The lowest BCUT2D eigenvalue weighted by Crippen LogP contribution is -2.45. The molecular weight excluding hydrogens is 530 g/mol. The van der Waals surface area contributed by atoms with Crippen molar-refractivity contribution in [2.45, 2.75) is 96.8 Å². The fourth-order valence-electron chi connectivity index (χ4n) is 7.23. The summed E-state index contributed by atoms with van der Waals surface area (Å²) < 4.78 is 11.9. The molecule has 3 aliphatic rings. The number of aromatic amines is 1. The van der Waals surface area contributed by atoms with Crippen molar-refractivity contribution in [2.24, 2.45) is 11.3 Å². The second-order valence-corrected chi connectivity index (χ2v) is 14.0. The zero-order valence-electron chi connectivity index (χ0n) is 25.3. The first kappa shape index (κ1) is 29.0. The summed E-state index contributed by atoms with van der Waals surface area (Å²) in [5.74, 6) is 2.09. The minimum atomic E-state index is -0.635. The third-order valence-electron chi connectivity index (χ3n) is 9.64. The number of benzene rings is 1. The molecule has 1 amide bonds. The fourth-order valence-corrected chi connectivity index (χ4v) is 7.23. The van der Waals surface area contributed by atoms with Gasteiger partial charge in [0.1, 0.15) is 23.8 Å².